The first kappa shape index (κ1) is 15.0. The number of benzene rings is 1. The van der Waals surface area contributed by atoms with Crippen molar-refractivity contribution in [2.45, 2.75) is 38.6 Å². The number of nitrogen functional groups attached to an aromatic ring is 1. The molecule has 0 radical (unpaired) electrons. The van der Waals surface area contributed by atoms with Crippen molar-refractivity contribution in [1.29, 1.82) is 0 Å². The number of nitrogens with two attached hydrogens (primary N) is 2. The first-order valence-electron chi connectivity index (χ1n) is 8.10. The number of hydrogen-bond acceptors (Lipinski definition) is 5. The fourth-order valence-corrected chi connectivity index (χ4v) is 3.46. The van der Waals surface area contributed by atoms with E-state index >= 15 is 0 Å². The van der Waals surface area contributed by atoms with E-state index < -0.39 is 0 Å². The van der Waals surface area contributed by atoms with Crippen LogP contribution in [0.15, 0.2) is 17.9 Å². The fourth-order valence-electron chi connectivity index (χ4n) is 3.46. The fraction of sp³-hybridized carbons (Fsp3) is 0.529. The highest BCUT2D eigenvalue weighted by Gasteiger charge is 2.23. The number of hydrogen-bond donors (Lipinski definition) is 5. The lowest BCUT2D eigenvalue weighted by atomic mass is 9.86. The number of aliphatic hydroxyl groups is 1. The summed E-state index contributed by atoms with van der Waals surface area (Å²) in [6.07, 6.45) is 4.51. The molecule has 1 aliphatic heterocycles. The van der Waals surface area contributed by atoms with Crippen molar-refractivity contribution in [3.05, 3.63) is 29.0 Å². The van der Waals surface area contributed by atoms with E-state index in [4.69, 9.17) is 11.5 Å². The Morgan fingerprint density at radius 1 is 1.27 bits per heavy atom. The molecule has 1 aromatic carbocycles. The molecule has 0 bridgehead atoms. The quantitative estimate of drug-likeness (QED) is 0.552. The van der Waals surface area contributed by atoms with Crippen LogP contribution in [0.5, 0.6) is 0 Å². The van der Waals surface area contributed by atoms with E-state index in [1.54, 1.807) is 0 Å². The van der Waals surface area contributed by atoms with Gasteiger partial charge in [-0.2, -0.15) is 0 Å². The number of aliphatic hydroxyl groups excluding tert-OH is 1. The lowest BCUT2D eigenvalue weighted by Crippen LogP contribution is -2.32. The van der Waals surface area contributed by atoms with Gasteiger partial charge in [0.15, 0.2) is 0 Å². The number of rotatable bonds is 3. The molecule has 0 aromatic heterocycles. The number of fused-ring (bicyclic) bond motifs is 1. The van der Waals surface area contributed by atoms with Crippen LogP contribution in [-0.4, -0.2) is 24.2 Å². The summed E-state index contributed by atoms with van der Waals surface area (Å²) in [5.74, 6) is 0.977. The lowest BCUT2D eigenvalue weighted by Gasteiger charge is -2.29. The molecule has 5 nitrogen and oxygen atoms in total. The van der Waals surface area contributed by atoms with E-state index in [9.17, 15) is 5.11 Å². The van der Waals surface area contributed by atoms with Gasteiger partial charge in [-0.05, 0) is 56.2 Å². The van der Waals surface area contributed by atoms with Crippen LogP contribution < -0.4 is 22.1 Å². The molecule has 0 atom stereocenters. The van der Waals surface area contributed by atoms with E-state index in [0.29, 0.717) is 24.3 Å². The summed E-state index contributed by atoms with van der Waals surface area (Å²) in [5.41, 5.74) is 16.6. The standard InChI is InChI=1S/C17H26N4O/c1-10-6-13-16(14(19)7-10)21-9-15(22)17(13)20-8-11-2-4-12(18)5-3-11/h6-7,11-12,20-22H,2-5,8-9,18-19H2,1H3/t11-,12-. The van der Waals surface area contributed by atoms with Crippen LogP contribution >= 0.6 is 0 Å². The molecule has 0 amide bonds. The summed E-state index contributed by atoms with van der Waals surface area (Å²) in [7, 11) is 0. The van der Waals surface area contributed by atoms with Gasteiger partial charge in [0.05, 0.1) is 23.6 Å². The molecule has 1 aliphatic carbocycles. The van der Waals surface area contributed by atoms with Gasteiger partial charge in [0.1, 0.15) is 5.76 Å². The molecule has 22 heavy (non-hydrogen) atoms. The highest BCUT2D eigenvalue weighted by Crippen LogP contribution is 2.34. The number of nitrogens with one attached hydrogen (secondary N) is 2. The molecule has 1 saturated carbocycles. The van der Waals surface area contributed by atoms with Crippen LogP contribution in [0.4, 0.5) is 11.4 Å². The van der Waals surface area contributed by atoms with Gasteiger partial charge in [0.25, 0.3) is 0 Å². The molecule has 2 aliphatic rings. The number of aryl methyl sites for hydroxylation is 1. The van der Waals surface area contributed by atoms with Crippen LogP contribution in [0.1, 0.15) is 36.8 Å². The van der Waals surface area contributed by atoms with Gasteiger partial charge in [0, 0.05) is 18.2 Å². The van der Waals surface area contributed by atoms with Crippen molar-refractivity contribution in [2.24, 2.45) is 11.7 Å². The summed E-state index contributed by atoms with van der Waals surface area (Å²) < 4.78 is 0. The SMILES string of the molecule is Cc1cc(N)c2c(c1)C(NC[C@H]1CC[C@H](N)CC1)=C(O)CN2. The highest BCUT2D eigenvalue weighted by molar-refractivity contribution is 5.87. The first-order valence-corrected chi connectivity index (χ1v) is 8.10. The molecule has 5 heteroatoms. The molecular formula is C17H26N4O. The summed E-state index contributed by atoms with van der Waals surface area (Å²) in [4.78, 5) is 0. The van der Waals surface area contributed by atoms with E-state index in [1.165, 1.54) is 0 Å². The maximum atomic E-state index is 10.3. The van der Waals surface area contributed by atoms with E-state index in [0.717, 1.165) is 60.4 Å². The van der Waals surface area contributed by atoms with Crippen LogP contribution in [0, 0.1) is 12.8 Å². The molecule has 120 valence electrons. The van der Waals surface area contributed by atoms with E-state index in [1.807, 2.05) is 13.0 Å². The highest BCUT2D eigenvalue weighted by atomic mass is 16.3. The molecule has 0 unspecified atom stereocenters. The van der Waals surface area contributed by atoms with Crippen LogP contribution in [0.3, 0.4) is 0 Å². The maximum Gasteiger partial charge on any atom is 0.135 e. The van der Waals surface area contributed by atoms with Crippen LogP contribution in [0.25, 0.3) is 5.70 Å². The Balaban J connectivity index is 1.76. The van der Waals surface area contributed by atoms with Crippen LogP contribution in [-0.2, 0) is 0 Å². The van der Waals surface area contributed by atoms with Crippen molar-refractivity contribution in [2.75, 3.05) is 24.1 Å². The number of anilines is 2. The zero-order chi connectivity index (χ0) is 15.7. The van der Waals surface area contributed by atoms with Crippen molar-refractivity contribution >= 4 is 17.1 Å². The van der Waals surface area contributed by atoms with Gasteiger partial charge in [-0.1, -0.05) is 0 Å². The Hall–Kier alpha value is -1.88. The smallest absolute Gasteiger partial charge is 0.135 e. The predicted octanol–water partition coefficient (Wildman–Crippen LogP) is 2.34. The summed E-state index contributed by atoms with van der Waals surface area (Å²) >= 11 is 0. The first-order chi connectivity index (χ1) is 10.5. The largest absolute Gasteiger partial charge is 0.508 e. The Morgan fingerprint density at radius 3 is 2.73 bits per heavy atom. The molecule has 0 saturated heterocycles. The maximum absolute atomic E-state index is 10.3. The monoisotopic (exact) mass is 302 g/mol. The topological polar surface area (TPSA) is 96.3 Å². The average molecular weight is 302 g/mol. The minimum absolute atomic E-state index is 0.352. The molecule has 1 fully saturated rings. The third-order valence-corrected chi connectivity index (χ3v) is 4.76. The summed E-state index contributed by atoms with van der Waals surface area (Å²) in [5, 5.41) is 16.9. The Kier molecular flexibility index (Phi) is 4.16. The Bertz CT molecular complexity index is 589. The van der Waals surface area contributed by atoms with Gasteiger partial charge in [-0.15, -0.1) is 0 Å². The minimum Gasteiger partial charge on any atom is -0.508 e. The van der Waals surface area contributed by atoms with Gasteiger partial charge < -0.3 is 27.2 Å². The Labute approximate surface area is 131 Å². The summed E-state index contributed by atoms with van der Waals surface area (Å²) in [6.45, 7) is 3.31. The molecule has 3 rings (SSSR count). The molecule has 1 heterocycles. The minimum atomic E-state index is 0.352. The van der Waals surface area contributed by atoms with Crippen molar-refractivity contribution in [1.82, 2.24) is 5.32 Å². The summed E-state index contributed by atoms with van der Waals surface area (Å²) in [6, 6.07) is 4.38. The normalized spacial score (nSPS) is 24.6. The second-order valence-electron chi connectivity index (χ2n) is 6.61. The average Bonchev–Trinajstić information content (AvgIpc) is 2.47. The van der Waals surface area contributed by atoms with Gasteiger partial charge in [-0.25, -0.2) is 0 Å². The van der Waals surface area contributed by atoms with Crippen LogP contribution in [0.2, 0.25) is 0 Å². The van der Waals surface area contributed by atoms with E-state index in [-0.39, 0.29) is 0 Å². The van der Waals surface area contributed by atoms with Crippen molar-refractivity contribution < 1.29 is 5.11 Å². The second-order valence-corrected chi connectivity index (χ2v) is 6.61. The molecule has 0 spiro atoms. The molecular weight excluding hydrogens is 276 g/mol. The zero-order valence-electron chi connectivity index (χ0n) is 13.2. The third kappa shape index (κ3) is 2.99. The van der Waals surface area contributed by atoms with Gasteiger partial charge in [0.2, 0.25) is 0 Å². The van der Waals surface area contributed by atoms with E-state index in [2.05, 4.69) is 16.7 Å². The second kappa shape index (κ2) is 6.08. The zero-order valence-corrected chi connectivity index (χ0v) is 13.2. The van der Waals surface area contributed by atoms with Gasteiger partial charge in [-0.3, -0.25) is 0 Å². The van der Waals surface area contributed by atoms with Crippen molar-refractivity contribution in [3.8, 4) is 0 Å². The van der Waals surface area contributed by atoms with Gasteiger partial charge >= 0.3 is 0 Å². The predicted molar refractivity (Wildman–Crippen MR) is 91.6 cm³/mol. The molecule has 7 N–H and O–H groups in total. The third-order valence-electron chi connectivity index (χ3n) is 4.76. The molecule has 1 aromatic rings. The van der Waals surface area contributed by atoms with Crippen molar-refractivity contribution in [3.63, 3.8) is 0 Å². The Morgan fingerprint density at radius 2 is 2.00 bits per heavy atom. The lowest BCUT2D eigenvalue weighted by molar-refractivity contribution is 0.322.